The minimum Gasteiger partial charge on any atom is -0.481 e. The molecule has 0 atom stereocenters. The van der Waals surface area contributed by atoms with Crippen molar-refractivity contribution in [3.8, 4) is 0 Å². The zero-order valence-electron chi connectivity index (χ0n) is 37.3. The lowest BCUT2D eigenvalue weighted by Gasteiger charge is -2.16. The van der Waals surface area contributed by atoms with Crippen LogP contribution in [0.5, 0.6) is 0 Å². The largest absolute Gasteiger partial charge is 0.481 e. The summed E-state index contributed by atoms with van der Waals surface area (Å²) in [5.74, 6) is -6.57. The van der Waals surface area contributed by atoms with E-state index in [1.807, 2.05) is 0 Å². The van der Waals surface area contributed by atoms with Crippen molar-refractivity contribution in [1.82, 2.24) is 5.32 Å². The van der Waals surface area contributed by atoms with Crippen molar-refractivity contribution in [2.24, 2.45) is 0 Å². The predicted octanol–water partition coefficient (Wildman–Crippen LogP) is 12.9. The number of hydrogen-bond acceptors (Lipinski definition) is 4. The summed E-state index contributed by atoms with van der Waals surface area (Å²) in [6.07, 6.45) is -0.860. The first-order chi connectivity index (χ1) is 33.9. The van der Waals surface area contributed by atoms with E-state index in [1.54, 1.807) is 24.3 Å². The highest BCUT2D eigenvalue weighted by atomic mass is 35.5. The molecule has 6 nitrogen and oxygen atoms in total. The lowest BCUT2D eigenvalue weighted by molar-refractivity contribution is -0.137. The summed E-state index contributed by atoms with van der Waals surface area (Å²) in [6.45, 7) is 0. The first-order valence-corrected chi connectivity index (χ1v) is 21.7. The van der Waals surface area contributed by atoms with E-state index >= 15 is 0 Å². The Kier molecular flexibility index (Phi) is 19.9. The zero-order chi connectivity index (χ0) is 51.6. The fourth-order valence-electron chi connectivity index (χ4n) is 6.99. The number of aliphatic hydroxyl groups excluding tert-OH is 1. The van der Waals surface area contributed by atoms with Crippen molar-refractivity contribution in [3.05, 3.63) is 285 Å². The lowest BCUT2D eigenvalue weighted by Crippen LogP contribution is -2.26. The number of aliphatic carboxylic acids is 1. The van der Waals surface area contributed by atoms with E-state index in [0.29, 0.717) is 44.5 Å². The number of likely N-dealkylation sites (N-methyl/N-ethyl adjacent to an activating group) is 1. The van der Waals surface area contributed by atoms with Gasteiger partial charge in [-0.3, -0.25) is 14.4 Å². The summed E-state index contributed by atoms with van der Waals surface area (Å²) in [7, 11) is 1.53. The van der Waals surface area contributed by atoms with Crippen LogP contribution in [0.2, 0.25) is 0 Å². The van der Waals surface area contributed by atoms with Crippen molar-refractivity contribution in [2.75, 3.05) is 7.05 Å². The monoisotopic (exact) mass is 995 g/mol. The van der Waals surface area contributed by atoms with Gasteiger partial charge < -0.3 is 15.5 Å². The summed E-state index contributed by atoms with van der Waals surface area (Å²) in [6, 6.07) is 44.0. The van der Waals surface area contributed by atoms with E-state index in [1.165, 1.54) is 177 Å². The van der Waals surface area contributed by atoms with Gasteiger partial charge in [0.25, 0.3) is 0 Å². The van der Waals surface area contributed by atoms with Crippen LogP contribution in [0.4, 0.5) is 35.1 Å². The number of aliphatic hydroxyl groups is 1. The lowest BCUT2D eigenvalue weighted by atomic mass is 9.90. The van der Waals surface area contributed by atoms with Gasteiger partial charge >= 0.3 is 5.97 Å². The molecule has 0 radical (unpaired) electrons. The van der Waals surface area contributed by atoms with Crippen molar-refractivity contribution in [1.29, 1.82) is 0 Å². The van der Waals surface area contributed by atoms with Gasteiger partial charge in [0.1, 0.15) is 58.6 Å². The van der Waals surface area contributed by atoms with E-state index in [9.17, 15) is 59.7 Å². The van der Waals surface area contributed by atoms with E-state index in [0.717, 1.165) is 0 Å². The minimum atomic E-state index is -1.06. The molecule has 8 aromatic rings. The van der Waals surface area contributed by atoms with Crippen LogP contribution in [-0.4, -0.2) is 34.4 Å². The number of carbonyl (C=O) groups excluding carboxylic acids is 2. The Morgan fingerprint density at radius 3 is 0.718 bits per heavy atom. The summed E-state index contributed by atoms with van der Waals surface area (Å²) in [5.41, 5.74) is 4.53. The summed E-state index contributed by atoms with van der Waals surface area (Å²) < 4.78 is 103. The first-order valence-electron chi connectivity index (χ1n) is 21.3. The average Bonchev–Trinajstić information content (AvgIpc) is 3.36. The number of carboxylic acids is 1. The van der Waals surface area contributed by atoms with Gasteiger partial charge in [-0.25, -0.2) is 35.1 Å². The molecule has 0 heterocycles. The number of halogens is 9. The highest BCUT2D eigenvalue weighted by Gasteiger charge is 2.24. The number of hydrogen-bond donors (Lipinski definition) is 3. The molecule has 0 aliphatic carbocycles. The maximum absolute atomic E-state index is 12.9. The molecule has 71 heavy (non-hydrogen) atoms. The van der Waals surface area contributed by atoms with Gasteiger partial charge in [0.15, 0.2) is 0 Å². The minimum absolute atomic E-state index is 0.224. The van der Waals surface area contributed by atoms with Gasteiger partial charge in [0.2, 0.25) is 11.1 Å². The number of rotatable bonds is 11. The van der Waals surface area contributed by atoms with Crippen molar-refractivity contribution in [3.63, 3.8) is 0 Å². The number of carbonyl (C=O) groups is 3. The zero-order valence-corrected chi connectivity index (χ0v) is 38.1. The number of carboxylic acid groups (broad SMARTS) is 1. The maximum atomic E-state index is 12.9. The third-order valence-electron chi connectivity index (χ3n) is 10.6. The molecule has 8 aromatic carbocycles. The van der Waals surface area contributed by atoms with Crippen LogP contribution in [0.15, 0.2) is 194 Å². The third-order valence-corrected chi connectivity index (χ3v) is 10.8. The SMILES string of the molecule is CNC(=O)C(c1ccc(F)cc1)c1ccc(F)cc1.O=C(Cl)C(c1ccc(F)cc1)c1ccc(F)cc1.O=C(O)C(c1ccc(F)cc1)c1ccc(F)cc1.OC(c1ccc(F)cc1)c1ccc(F)cc1. The molecule has 0 bridgehead atoms. The fourth-order valence-corrected chi connectivity index (χ4v) is 7.24. The van der Waals surface area contributed by atoms with Crippen molar-refractivity contribution < 1.29 is 59.7 Å². The third kappa shape index (κ3) is 16.1. The van der Waals surface area contributed by atoms with E-state index in [-0.39, 0.29) is 29.2 Å². The molecule has 0 spiro atoms. The normalized spacial score (nSPS) is 10.6. The topological polar surface area (TPSA) is 104 Å². The van der Waals surface area contributed by atoms with Crippen molar-refractivity contribution in [2.45, 2.75) is 23.9 Å². The van der Waals surface area contributed by atoms with E-state index < -0.39 is 58.3 Å². The summed E-state index contributed by atoms with van der Waals surface area (Å²) in [5, 5.41) is 21.1. The Bertz CT molecular complexity index is 2660. The summed E-state index contributed by atoms with van der Waals surface area (Å²) >= 11 is 5.57. The Hall–Kier alpha value is -7.94. The summed E-state index contributed by atoms with van der Waals surface area (Å²) in [4.78, 5) is 34.8. The number of nitrogens with one attached hydrogen (secondary N) is 1. The van der Waals surface area contributed by atoms with E-state index in [2.05, 4.69) is 5.32 Å². The van der Waals surface area contributed by atoms with Gasteiger partial charge in [0.05, 0.1) is 11.8 Å². The molecular weight excluding hydrogens is 954 g/mol. The van der Waals surface area contributed by atoms with Gasteiger partial charge in [-0.1, -0.05) is 97.1 Å². The second-order valence-electron chi connectivity index (χ2n) is 15.4. The molecule has 0 aromatic heterocycles. The fraction of sp³-hybridized carbons (Fsp3) is 0.0893. The molecule has 0 unspecified atom stereocenters. The van der Waals surface area contributed by atoms with Crippen LogP contribution < -0.4 is 5.32 Å². The van der Waals surface area contributed by atoms with Crippen LogP contribution in [0.25, 0.3) is 0 Å². The van der Waals surface area contributed by atoms with Crippen LogP contribution in [0.3, 0.4) is 0 Å². The first kappa shape index (κ1) is 54.0. The molecule has 364 valence electrons. The predicted molar refractivity (Wildman–Crippen MR) is 253 cm³/mol. The van der Waals surface area contributed by atoms with Gasteiger partial charge in [-0.05, 0) is 153 Å². The molecule has 15 heteroatoms. The van der Waals surface area contributed by atoms with Gasteiger partial charge in [0, 0.05) is 7.05 Å². The molecule has 8 rings (SSSR count). The molecule has 0 aliphatic rings. The number of benzene rings is 8. The Labute approximate surface area is 408 Å². The second-order valence-corrected chi connectivity index (χ2v) is 15.7. The Morgan fingerprint density at radius 2 is 0.535 bits per heavy atom. The Balaban J connectivity index is 0.000000176. The quantitative estimate of drug-likeness (QED) is 0.0885. The van der Waals surface area contributed by atoms with Gasteiger partial charge in [-0.15, -0.1) is 0 Å². The van der Waals surface area contributed by atoms with Crippen LogP contribution in [0, 0.1) is 46.5 Å². The maximum Gasteiger partial charge on any atom is 0.315 e. The second kappa shape index (κ2) is 26.2. The van der Waals surface area contributed by atoms with Crippen molar-refractivity contribution >= 4 is 28.7 Å². The molecule has 0 saturated carbocycles. The van der Waals surface area contributed by atoms with E-state index in [4.69, 9.17) is 11.6 Å². The highest BCUT2D eigenvalue weighted by Crippen LogP contribution is 2.29. The number of amides is 1. The highest BCUT2D eigenvalue weighted by molar-refractivity contribution is 6.65. The molecular formula is C56H42ClF8NO5. The van der Waals surface area contributed by atoms with Crippen LogP contribution >= 0.6 is 11.6 Å². The van der Waals surface area contributed by atoms with Crippen LogP contribution in [-0.2, 0) is 14.4 Å². The smallest absolute Gasteiger partial charge is 0.315 e. The molecule has 1 amide bonds. The molecule has 0 fully saturated rings. The van der Waals surface area contributed by atoms with Gasteiger partial charge in [-0.2, -0.15) is 0 Å². The Morgan fingerprint density at radius 1 is 0.352 bits per heavy atom. The molecule has 0 aliphatic heterocycles. The average molecular weight is 996 g/mol. The molecule has 3 N–H and O–H groups in total. The standard InChI is InChI=1S/C15H13F2NO.C14H9ClF2O.C14H10F2O2.C13H10F2O/c1-18-15(19)14(10-2-6-12(16)7-3-10)11-4-8-13(17)9-5-11;15-14(18)13(9-1-5-11(16)6-2-9)10-3-7-12(17)8-4-10;15-11-5-1-9(2-6-11)13(14(17)18)10-3-7-12(16)8-4-10;14-11-5-1-9(2-6-11)13(16)10-3-7-12(15)8-4-10/h2-9,14H,1H3,(H,18,19);1-8,13H;1-8,13H,(H,17,18);1-8,13,16H. The van der Waals surface area contributed by atoms with Crippen LogP contribution in [0.1, 0.15) is 68.4 Å². The molecule has 0 saturated heterocycles.